The summed E-state index contributed by atoms with van der Waals surface area (Å²) in [5, 5.41) is 0. The fraction of sp³-hybridized carbons (Fsp3) is 0.667. The van der Waals surface area contributed by atoms with Crippen LogP contribution in [0.1, 0.15) is 32.1 Å². The summed E-state index contributed by atoms with van der Waals surface area (Å²) in [5.41, 5.74) is 1.43. The summed E-state index contributed by atoms with van der Waals surface area (Å²) in [6.07, 6.45) is 7.31. The fourth-order valence-corrected chi connectivity index (χ4v) is 1.33. The average molecular weight is 154 g/mol. The number of esters is 1. The molecule has 11 heavy (non-hydrogen) atoms. The van der Waals surface area contributed by atoms with Gasteiger partial charge in [0, 0.05) is 6.42 Å². The van der Waals surface area contributed by atoms with E-state index >= 15 is 0 Å². The molecule has 2 heteroatoms. The molecule has 1 rings (SSSR count). The van der Waals surface area contributed by atoms with E-state index in [0.717, 1.165) is 6.42 Å². The Kier molecular flexibility index (Phi) is 3.14. The molecule has 0 heterocycles. The molecule has 0 unspecified atom stereocenters. The largest absolute Gasteiger partial charge is 0.469 e. The smallest absolute Gasteiger partial charge is 0.305 e. The van der Waals surface area contributed by atoms with E-state index in [1.807, 2.05) is 0 Å². The predicted octanol–water partition coefficient (Wildman–Crippen LogP) is 2.05. The predicted molar refractivity (Wildman–Crippen MR) is 43.2 cm³/mol. The van der Waals surface area contributed by atoms with Gasteiger partial charge >= 0.3 is 5.97 Å². The molecule has 0 amide bonds. The number of allylic oxidation sites excluding steroid dienone is 2. The lowest BCUT2D eigenvalue weighted by atomic mass is 10.1. The van der Waals surface area contributed by atoms with E-state index < -0.39 is 0 Å². The van der Waals surface area contributed by atoms with E-state index in [1.54, 1.807) is 0 Å². The Labute approximate surface area is 67.2 Å². The molecule has 1 aliphatic carbocycles. The van der Waals surface area contributed by atoms with Crippen LogP contribution in [0.5, 0.6) is 0 Å². The number of hydrogen-bond donors (Lipinski definition) is 0. The van der Waals surface area contributed by atoms with Crippen LogP contribution in [-0.4, -0.2) is 13.1 Å². The summed E-state index contributed by atoms with van der Waals surface area (Å²) >= 11 is 0. The Morgan fingerprint density at radius 2 is 2.55 bits per heavy atom. The fourth-order valence-electron chi connectivity index (χ4n) is 1.33. The van der Waals surface area contributed by atoms with Crippen molar-refractivity contribution in [2.75, 3.05) is 7.11 Å². The number of carbonyl (C=O) groups is 1. The van der Waals surface area contributed by atoms with Crippen LogP contribution >= 0.6 is 0 Å². The van der Waals surface area contributed by atoms with Crippen LogP contribution in [0.2, 0.25) is 0 Å². The first-order valence-corrected chi connectivity index (χ1v) is 4.07. The van der Waals surface area contributed by atoms with Crippen molar-refractivity contribution in [3.63, 3.8) is 0 Å². The minimum absolute atomic E-state index is 0.0993. The first-order valence-electron chi connectivity index (χ1n) is 4.07. The highest BCUT2D eigenvalue weighted by Gasteiger charge is 2.06. The van der Waals surface area contributed by atoms with Crippen LogP contribution in [0, 0.1) is 0 Å². The van der Waals surface area contributed by atoms with Gasteiger partial charge in [0.1, 0.15) is 0 Å². The third kappa shape index (κ3) is 2.74. The van der Waals surface area contributed by atoms with Crippen LogP contribution in [0.15, 0.2) is 11.6 Å². The summed E-state index contributed by atoms with van der Waals surface area (Å²) in [5.74, 6) is -0.0993. The Morgan fingerprint density at radius 1 is 1.73 bits per heavy atom. The summed E-state index contributed by atoms with van der Waals surface area (Å²) in [6, 6.07) is 0. The van der Waals surface area contributed by atoms with Crippen molar-refractivity contribution in [2.24, 2.45) is 0 Å². The lowest BCUT2D eigenvalue weighted by molar-refractivity contribution is -0.140. The summed E-state index contributed by atoms with van der Waals surface area (Å²) in [7, 11) is 1.44. The normalized spacial score (nSPS) is 16.3. The maximum atomic E-state index is 10.7. The van der Waals surface area contributed by atoms with Gasteiger partial charge in [-0.05, 0) is 25.7 Å². The number of rotatable bonds is 3. The van der Waals surface area contributed by atoms with Gasteiger partial charge in [-0.3, -0.25) is 4.79 Å². The quantitative estimate of drug-likeness (QED) is 0.459. The zero-order chi connectivity index (χ0) is 8.10. The minimum atomic E-state index is -0.0993. The molecule has 0 N–H and O–H groups in total. The molecule has 0 aromatic carbocycles. The standard InChI is InChI=1S/C9H14O2/c1-11-9(10)7-6-8-4-2-3-5-8/h4H,2-3,5-7H2,1H3. The zero-order valence-electron chi connectivity index (χ0n) is 6.93. The van der Waals surface area contributed by atoms with Gasteiger partial charge in [-0.2, -0.15) is 0 Å². The molecule has 0 fully saturated rings. The van der Waals surface area contributed by atoms with Crippen molar-refractivity contribution < 1.29 is 9.53 Å². The topological polar surface area (TPSA) is 26.3 Å². The Morgan fingerprint density at radius 3 is 3.09 bits per heavy atom. The highest BCUT2D eigenvalue weighted by molar-refractivity contribution is 5.69. The van der Waals surface area contributed by atoms with Gasteiger partial charge in [-0.1, -0.05) is 11.6 Å². The van der Waals surface area contributed by atoms with Crippen LogP contribution in [0.4, 0.5) is 0 Å². The molecular formula is C9H14O2. The van der Waals surface area contributed by atoms with Gasteiger partial charge < -0.3 is 4.74 Å². The number of carbonyl (C=O) groups excluding carboxylic acids is 1. The van der Waals surface area contributed by atoms with E-state index in [0.29, 0.717) is 6.42 Å². The molecule has 0 aromatic heterocycles. The average Bonchev–Trinajstić information content (AvgIpc) is 2.52. The lowest BCUT2D eigenvalue weighted by Crippen LogP contribution is -1.99. The summed E-state index contributed by atoms with van der Waals surface area (Å²) < 4.78 is 4.54. The van der Waals surface area contributed by atoms with Crippen molar-refractivity contribution >= 4 is 5.97 Å². The molecule has 0 spiro atoms. The first kappa shape index (κ1) is 8.31. The zero-order valence-corrected chi connectivity index (χ0v) is 6.93. The highest BCUT2D eigenvalue weighted by atomic mass is 16.5. The summed E-state index contributed by atoms with van der Waals surface area (Å²) in [4.78, 5) is 10.7. The summed E-state index contributed by atoms with van der Waals surface area (Å²) in [6.45, 7) is 0. The molecular weight excluding hydrogens is 140 g/mol. The van der Waals surface area contributed by atoms with Crippen molar-refractivity contribution in [3.05, 3.63) is 11.6 Å². The third-order valence-corrected chi connectivity index (χ3v) is 2.01. The van der Waals surface area contributed by atoms with Crippen molar-refractivity contribution in [1.82, 2.24) is 0 Å². The second kappa shape index (κ2) is 4.16. The first-order chi connectivity index (χ1) is 5.33. The molecule has 0 saturated heterocycles. The van der Waals surface area contributed by atoms with Gasteiger partial charge in [0.15, 0.2) is 0 Å². The minimum Gasteiger partial charge on any atom is -0.469 e. The molecule has 1 aliphatic rings. The third-order valence-electron chi connectivity index (χ3n) is 2.01. The molecule has 0 aliphatic heterocycles. The maximum Gasteiger partial charge on any atom is 0.305 e. The van der Waals surface area contributed by atoms with Gasteiger partial charge in [0.25, 0.3) is 0 Å². The van der Waals surface area contributed by atoms with Crippen LogP contribution in [0.3, 0.4) is 0 Å². The molecule has 2 nitrogen and oxygen atoms in total. The Bertz CT molecular complexity index is 170. The Balaban J connectivity index is 2.16. The van der Waals surface area contributed by atoms with Gasteiger partial charge in [0.05, 0.1) is 7.11 Å². The number of methoxy groups -OCH3 is 1. The number of ether oxygens (including phenoxy) is 1. The van der Waals surface area contributed by atoms with E-state index in [2.05, 4.69) is 10.8 Å². The van der Waals surface area contributed by atoms with Crippen LogP contribution in [0.25, 0.3) is 0 Å². The van der Waals surface area contributed by atoms with Gasteiger partial charge in [-0.15, -0.1) is 0 Å². The second-order valence-electron chi connectivity index (χ2n) is 2.83. The highest BCUT2D eigenvalue weighted by Crippen LogP contribution is 2.21. The molecule has 0 bridgehead atoms. The molecule has 62 valence electrons. The van der Waals surface area contributed by atoms with Crippen molar-refractivity contribution in [2.45, 2.75) is 32.1 Å². The monoisotopic (exact) mass is 154 g/mol. The van der Waals surface area contributed by atoms with E-state index in [1.165, 1.54) is 31.9 Å². The van der Waals surface area contributed by atoms with E-state index in [-0.39, 0.29) is 5.97 Å². The van der Waals surface area contributed by atoms with Crippen LogP contribution < -0.4 is 0 Å². The molecule has 0 radical (unpaired) electrons. The van der Waals surface area contributed by atoms with Crippen molar-refractivity contribution in [3.8, 4) is 0 Å². The van der Waals surface area contributed by atoms with E-state index in [4.69, 9.17) is 0 Å². The maximum absolute atomic E-state index is 10.7. The SMILES string of the molecule is COC(=O)CCC1=CCCC1. The molecule has 0 saturated carbocycles. The van der Waals surface area contributed by atoms with E-state index in [9.17, 15) is 4.79 Å². The molecule has 0 atom stereocenters. The number of hydrogen-bond acceptors (Lipinski definition) is 2. The lowest BCUT2D eigenvalue weighted by Gasteiger charge is -1.99. The van der Waals surface area contributed by atoms with Crippen molar-refractivity contribution in [1.29, 1.82) is 0 Å². The molecule has 0 aromatic rings. The van der Waals surface area contributed by atoms with Gasteiger partial charge in [-0.25, -0.2) is 0 Å². The van der Waals surface area contributed by atoms with Gasteiger partial charge in [0.2, 0.25) is 0 Å². The second-order valence-corrected chi connectivity index (χ2v) is 2.83. The Hall–Kier alpha value is -0.790. The van der Waals surface area contributed by atoms with Crippen LogP contribution in [-0.2, 0) is 9.53 Å².